The van der Waals surface area contributed by atoms with Gasteiger partial charge in [-0.1, -0.05) is 48.9 Å². The maximum absolute atomic E-state index is 12.0. The van der Waals surface area contributed by atoms with E-state index in [1.54, 1.807) is 0 Å². The van der Waals surface area contributed by atoms with Crippen LogP contribution in [0.3, 0.4) is 0 Å². The molecule has 0 spiro atoms. The third-order valence-electron chi connectivity index (χ3n) is 4.55. The van der Waals surface area contributed by atoms with Crippen molar-refractivity contribution >= 4 is 11.6 Å². The fraction of sp³-hybridized carbons (Fsp3) is 0.316. The van der Waals surface area contributed by atoms with E-state index in [0.717, 1.165) is 28.8 Å². The van der Waals surface area contributed by atoms with E-state index in [4.69, 9.17) is 5.73 Å². The summed E-state index contributed by atoms with van der Waals surface area (Å²) in [5.41, 5.74) is 13.0. The van der Waals surface area contributed by atoms with Gasteiger partial charge in [0.05, 0.1) is 12.0 Å². The van der Waals surface area contributed by atoms with Gasteiger partial charge < -0.3 is 11.1 Å². The lowest BCUT2D eigenvalue weighted by Crippen LogP contribution is -2.15. The second-order valence-corrected chi connectivity index (χ2v) is 6.10. The number of benzene rings is 2. The molecule has 22 heavy (non-hydrogen) atoms. The van der Waals surface area contributed by atoms with Crippen LogP contribution in [0.4, 0.5) is 5.69 Å². The van der Waals surface area contributed by atoms with Gasteiger partial charge in [0.25, 0.3) is 0 Å². The van der Waals surface area contributed by atoms with Crippen LogP contribution in [0.1, 0.15) is 53.6 Å². The first-order chi connectivity index (χ1) is 10.5. The first-order valence-corrected chi connectivity index (χ1v) is 7.81. The third-order valence-corrected chi connectivity index (χ3v) is 4.55. The molecule has 0 aromatic heterocycles. The van der Waals surface area contributed by atoms with Crippen LogP contribution in [0.5, 0.6) is 0 Å². The van der Waals surface area contributed by atoms with E-state index in [9.17, 15) is 4.79 Å². The molecule has 3 heteroatoms. The Morgan fingerprint density at radius 3 is 2.55 bits per heavy atom. The Kier molecular flexibility index (Phi) is 3.75. The van der Waals surface area contributed by atoms with Crippen LogP contribution in [-0.2, 0) is 11.2 Å². The van der Waals surface area contributed by atoms with Crippen LogP contribution >= 0.6 is 0 Å². The predicted octanol–water partition coefficient (Wildman–Crippen LogP) is 3.66. The highest BCUT2D eigenvalue weighted by molar-refractivity contribution is 6.03. The minimum atomic E-state index is -0.230. The molecule has 1 aliphatic heterocycles. The molecule has 114 valence electrons. The summed E-state index contributed by atoms with van der Waals surface area (Å²) in [6, 6.07) is 12.3. The number of amides is 1. The highest BCUT2D eigenvalue weighted by atomic mass is 16.2. The highest BCUT2D eigenvalue weighted by Gasteiger charge is 2.30. The molecule has 1 aliphatic rings. The molecule has 0 fully saturated rings. The minimum absolute atomic E-state index is 0.0561. The van der Waals surface area contributed by atoms with Gasteiger partial charge in [-0.15, -0.1) is 0 Å². The fourth-order valence-electron chi connectivity index (χ4n) is 3.01. The summed E-state index contributed by atoms with van der Waals surface area (Å²) in [7, 11) is 0. The second-order valence-electron chi connectivity index (χ2n) is 6.10. The number of nitrogens with two attached hydrogens (primary N) is 1. The van der Waals surface area contributed by atoms with Crippen molar-refractivity contribution in [1.82, 2.24) is 0 Å². The van der Waals surface area contributed by atoms with Gasteiger partial charge in [-0.25, -0.2) is 0 Å². The summed E-state index contributed by atoms with van der Waals surface area (Å²) in [6.07, 6.45) is 0.932. The monoisotopic (exact) mass is 294 g/mol. The smallest absolute Gasteiger partial charge is 0.231 e. The van der Waals surface area contributed by atoms with Crippen molar-refractivity contribution in [2.75, 3.05) is 5.32 Å². The molecule has 3 rings (SSSR count). The molecule has 1 heterocycles. The molecule has 2 unspecified atom stereocenters. The van der Waals surface area contributed by atoms with Crippen molar-refractivity contribution < 1.29 is 4.79 Å². The van der Waals surface area contributed by atoms with E-state index in [1.807, 2.05) is 6.92 Å². The maximum Gasteiger partial charge on any atom is 0.231 e. The predicted molar refractivity (Wildman–Crippen MR) is 90.1 cm³/mol. The summed E-state index contributed by atoms with van der Waals surface area (Å²) in [4.78, 5) is 12.0. The summed E-state index contributed by atoms with van der Waals surface area (Å²) >= 11 is 0. The Bertz CT molecular complexity index is 719. The van der Waals surface area contributed by atoms with Gasteiger partial charge in [0.2, 0.25) is 5.91 Å². The number of nitrogens with one attached hydrogen (secondary N) is 1. The summed E-state index contributed by atoms with van der Waals surface area (Å²) in [5, 5.41) is 3.01. The lowest BCUT2D eigenvalue weighted by Gasteiger charge is -2.18. The Morgan fingerprint density at radius 1 is 1.23 bits per heavy atom. The first-order valence-electron chi connectivity index (χ1n) is 7.81. The number of rotatable bonds is 3. The zero-order valence-electron chi connectivity index (χ0n) is 13.3. The molecule has 1 amide bonds. The molecular weight excluding hydrogens is 272 g/mol. The van der Waals surface area contributed by atoms with E-state index < -0.39 is 0 Å². The number of fused-ring (bicyclic) bond motifs is 1. The van der Waals surface area contributed by atoms with E-state index >= 15 is 0 Å². The van der Waals surface area contributed by atoms with Crippen molar-refractivity contribution in [2.24, 2.45) is 5.73 Å². The largest absolute Gasteiger partial charge is 0.325 e. The third kappa shape index (κ3) is 2.42. The topological polar surface area (TPSA) is 55.1 Å². The van der Waals surface area contributed by atoms with Gasteiger partial charge in [-0.05, 0) is 42.5 Å². The van der Waals surface area contributed by atoms with E-state index in [0.29, 0.717) is 0 Å². The van der Waals surface area contributed by atoms with Gasteiger partial charge in [-0.2, -0.15) is 0 Å². The first kappa shape index (κ1) is 14.8. The van der Waals surface area contributed by atoms with Gasteiger partial charge >= 0.3 is 0 Å². The molecule has 2 aromatic carbocycles. The maximum atomic E-state index is 12.0. The molecular formula is C19H22N2O. The van der Waals surface area contributed by atoms with E-state index in [2.05, 4.69) is 55.6 Å². The summed E-state index contributed by atoms with van der Waals surface area (Å²) in [5.74, 6) is -0.0499. The van der Waals surface area contributed by atoms with Crippen molar-refractivity contribution in [1.29, 1.82) is 0 Å². The van der Waals surface area contributed by atoms with E-state index in [1.165, 1.54) is 11.1 Å². The van der Waals surface area contributed by atoms with Gasteiger partial charge in [0.15, 0.2) is 0 Å². The normalized spacial score (nSPS) is 18.0. The minimum Gasteiger partial charge on any atom is -0.325 e. The van der Waals surface area contributed by atoms with Gasteiger partial charge in [0.1, 0.15) is 0 Å². The lowest BCUT2D eigenvalue weighted by atomic mass is 9.90. The fourth-order valence-corrected chi connectivity index (χ4v) is 3.01. The Hall–Kier alpha value is -2.13. The summed E-state index contributed by atoms with van der Waals surface area (Å²) in [6.45, 7) is 6.13. The molecule has 3 nitrogen and oxygen atoms in total. The van der Waals surface area contributed by atoms with Crippen LogP contribution in [-0.4, -0.2) is 5.91 Å². The SMILES string of the molecule is CCc1cc2c(c(C(N)c3ccc(C)cc3)c1)NC(=O)C2C. The van der Waals surface area contributed by atoms with Gasteiger partial charge in [0, 0.05) is 5.69 Å². The Balaban J connectivity index is 2.10. The van der Waals surface area contributed by atoms with E-state index in [-0.39, 0.29) is 17.9 Å². The van der Waals surface area contributed by atoms with Gasteiger partial charge in [-0.3, -0.25) is 4.79 Å². The molecule has 0 aliphatic carbocycles. The number of hydrogen-bond donors (Lipinski definition) is 2. The van der Waals surface area contributed by atoms with Crippen LogP contribution < -0.4 is 11.1 Å². The Morgan fingerprint density at radius 2 is 1.91 bits per heavy atom. The quantitative estimate of drug-likeness (QED) is 0.907. The van der Waals surface area contributed by atoms with Crippen molar-refractivity contribution in [3.05, 3.63) is 64.2 Å². The van der Waals surface area contributed by atoms with Crippen molar-refractivity contribution in [2.45, 2.75) is 39.2 Å². The zero-order valence-corrected chi connectivity index (χ0v) is 13.3. The second kappa shape index (κ2) is 5.58. The number of aryl methyl sites for hydroxylation is 2. The molecule has 0 saturated carbocycles. The zero-order chi connectivity index (χ0) is 15.9. The number of carbonyl (C=O) groups excluding carboxylic acids is 1. The van der Waals surface area contributed by atoms with Crippen LogP contribution in [0.2, 0.25) is 0 Å². The standard InChI is InChI=1S/C19H22N2O/c1-4-13-9-15-12(3)19(22)21-18(15)16(10-13)17(20)14-7-5-11(2)6-8-14/h5-10,12,17H,4,20H2,1-3H3,(H,21,22). The summed E-state index contributed by atoms with van der Waals surface area (Å²) < 4.78 is 0. The average Bonchev–Trinajstić information content (AvgIpc) is 2.81. The molecule has 0 saturated heterocycles. The number of carbonyl (C=O) groups is 1. The number of hydrogen-bond acceptors (Lipinski definition) is 2. The molecule has 2 aromatic rings. The number of anilines is 1. The van der Waals surface area contributed by atoms with Crippen molar-refractivity contribution in [3.8, 4) is 0 Å². The molecule has 0 bridgehead atoms. The molecule has 3 N–H and O–H groups in total. The van der Waals surface area contributed by atoms with Crippen LogP contribution in [0.15, 0.2) is 36.4 Å². The van der Waals surface area contributed by atoms with Crippen LogP contribution in [0.25, 0.3) is 0 Å². The average molecular weight is 294 g/mol. The molecule has 2 atom stereocenters. The lowest BCUT2D eigenvalue weighted by molar-refractivity contribution is -0.116. The Labute approximate surface area is 131 Å². The van der Waals surface area contributed by atoms with Crippen LogP contribution in [0, 0.1) is 6.92 Å². The molecule has 0 radical (unpaired) electrons. The highest BCUT2D eigenvalue weighted by Crippen LogP contribution is 2.39. The van der Waals surface area contributed by atoms with Crippen molar-refractivity contribution in [3.63, 3.8) is 0 Å².